The zero-order valence-corrected chi connectivity index (χ0v) is 20.7. The average molecular weight is 503 g/mol. The van der Waals surface area contributed by atoms with E-state index in [0.29, 0.717) is 38.6 Å². The summed E-state index contributed by atoms with van der Waals surface area (Å²) in [4.78, 5) is 28.3. The van der Waals surface area contributed by atoms with Crippen LogP contribution in [0.25, 0.3) is 0 Å². The molecule has 0 aliphatic carbocycles. The van der Waals surface area contributed by atoms with Gasteiger partial charge in [0.15, 0.2) is 11.6 Å². The van der Waals surface area contributed by atoms with Gasteiger partial charge in [-0.3, -0.25) is 15.0 Å². The van der Waals surface area contributed by atoms with Gasteiger partial charge in [-0.1, -0.05) is 30.3 Å². The number of hydrogen-bond donors (Lipinski definition) is 0. The molecule has 0 N–H and O–H groups in total. The van der Waals surface area contributed by atoms with Crippen molar-refractivity contribution in [2.75, 3.05) is 44.2 Å². The highest BCUT2D eigenvalue weighted by molar-refractivity contribution is 5.67. The van der Waals surface area contributed by atoms with Crippen LogP contribution in [0.3, 0.4) is 0 Å². The van der Waals surface area contributed by atoms with E-state index in [2.05, 4.69) is 4.90 Å². The van der Waals surface area contributed by atoms with Gasteiger partial charge in [0, 0.05) is 44.8 Å². The molecule has 2 saturated heterocycles. The van der Waals surface area contributed by atoms with E-state index < -0.39 is 22.2 Å². The van der Waals surface area contributed by atoms with Crippen LogP contribution in [0, 0.1) is 27.7 Å². The second-order valence-electron chi connectivity index (χ2n) is 10.2. The van der Waals surface area contributed by atoms with Crippen molar-refractivity contribution >= 4 is 17.5 Å². The first-order valence-corrected chi connectivity index (χ1v) is 12.2. The Labute approximate surface area is 209 Å². The Balaban J connectivity index is 1.29. The first-order chi connectivity index (χ1) is 17.1. The molecule has 2 heterocycles. The Kier molecular flexibility index (Phi) is 7.73. The van der Waals surface area contributed by atoms with Gasteiger partial charge in [-0.15, -0.1) is 0 Å². The Bertz CT molecular complexity index is 1070. The van der Waals surface area contributed by atoms with E-state index >= 15 is 0 Å². The molecule has 10 heteroatoms. The number of hydrogen-bond acceptors (Lipinski definition) is 6. The molecule has 2 aromatic carbocycles. The van der Waals surface area contributed by atoms with Crippen molar-refractivity contribution in [3.63, 3.8) is 0 Å². The first kappa shape index (κ1) is 25.8. The zero-order valence-electron chi connectivity index (χ0n) is 20.7. The van der Waals surface area contributed by atoms with E-state index in [4.69, 9.17) is 4.74 Å². The van der Waals surface area contributed by atoms with Crippen molar-refractivity contribution in [1.29, 1.82) is 0 Å². The number of non-ortho nitro benzene ring substituents is 1. The molecule has 36 heavy (non-hydrogen) atoms. The quantitative estimate of drug-likeness (QED) is 0.416. The number of nitro benzene ring substituents is 1. The molecule has 0 saturated carbocycles. The topological polar surface area (TPSA) is 79.2 Å². The Morgan fingerprint density at radius 2 is 1.72 bits per heavy atom. The predicted octanol–water partition coefficient (Wildman–Crippen LogP) is 4.82. The van der Waals surface area contributed by atoms with Gasteiger partial charge in [0.2, 0.25) is 0 Å². The molecule has 2 aromatic rings. The van der Waals surface area contributed by atoms with E-state index in [1.165, 1.54) is 0 Å². The summed E-state index contributed by atoms with van der Waals surface area (Å²) in [6, 6.07) is 11.1. The van der Waals surface area contributed by atoms with Crippen molar-refractivity contribution in [2.24, 2.45) is 5.92 Å². The number of carbonyl (C=O) groups is 1. The third kappa shape index (κ3) is 5.92. The van der Waals surface area contributed by atoms with Gasteiger partial charge in [-0.2, -0.15) is 0 Å². The molecule has 4 rings (SSSR count). The second-order valence-corrected chi connectivity index (χ2v) is 10.2. The van der Waals surface area contributed by atoms with E-state index in [0.717, 1.165) is 37.1 Å². The number of piperazine rings is 1. The van der Waals surface area contributed by atoms with E-state index in [1.807, 2.05) is 44.2 Å². The van der Waals surface area contributed by atoms with E-state index in [9.17, 15) is 23.7 Å². The van der Waals surface area contributed by atoms with Crippen LogP contribution in [0.5, 0.6) is 0 Å². The van der Waals surface area contributed by atoms with Gasteiger partial charge in [-0.05, 0) is 38.2 Å². The molecule has 1 amide bonds. The van der Waals surface area contributed by atoms with Crippen molar-refractivity contribution < 1.29 is 23.2 Å². The molecule has 8 nitrogen and oxygen atoms in total. The monoisotopic (exact) mass is 502 g/mol. The maximum Gasteiger partial charge on any atom is 0.410 e. The lowest BCUT2D eigenvalue weighted by Crippen LogP contribution is -2.61. The molecule has 0 unspecified atom stereocenters. The fraction of sp³-hybridized carbons (Fsp3) is 0.500. The van der Waals surface area contributed by atoms with Crippen molar-refractivity contribution in [1.82, 2.24) is 9.80 Å². The van der Waals surface area contributed by atoms with Crippen LogP contribution in [0.15, 0.2) is 42.5 Å². The van der Waals surface area contributed by atoms with Crippen LogP contribution in [-0.2, 0) is 11.3 Å². The fourth-order valence-corrected chi connectivity index (χ4v) is 5.10. The highest BCUT2D eigenvalue weighted by Crippen LogP contribution is 2.33. The number of halogens is 2. The summed E-state index contributed by atoms with van der Waals surface area (Å²) in [5.41, 5.74) is -0.210. The standard InChI is InChI=1S/C26H32F2N4O4/c1-26(2)18-30(24-22(27)14-21(32(34)35)15-23(24)28)12-13-31(26)16-19-8-10-29(11-9-19)25(33)36-17-20-6-4-3-5-7-20/h3-7,14-15,19H,8-13,16-18H2,1-2H3. The minimum Gasteiger partial charge on any atom is -0.445 e. The van der Waals surface area contributed by atoms with Gasteiger partial charge in [0.25, 0.3) is 5.69 Å². The number of likely N-dealkylation sites (tertiary alicyclic amines) is 1. The van der Waals surface area contributed by atoms with E-state index in [1.54, 1.807) is 9.80 Å². The minimum absolute atomic E-state index is 0.212. The molecule has 0 aromatic heterocycles. The summed E-state index contributed by atoms with van der Waals surface area (Å²) in [5, 5.41) is 10.9. The number of nitro groups is 1. The number of piperidine rings is 1. The molecule has 0 spiro atoms. The summed E-state index contributed by atoms with van der Waals surface area (Å²) in [7, 11) is 0. The lowest BCUT2D eigenvalue weighted by molar-refractivity contribution is -0.385. The number of nitrogens with zero attached hydrogens (tertiary/aromatic N) is 4. The summed E-state index contributed by atoms with van der Waals surface area (Å²) in [5.74, 6) is -1.43. The van der Waals surface area contributed by atoms with Crippen molar-refractivity contribution in [3.8, 4) is 0 Å². The maximum absolute atomic E-state index is 14.6. The Hall–Kier alpha value is -3.27. The largest absolute Gasteiger partial charge is 0.445 e. The summed E-state index contributed by atoms with van der Waals surface area (Å²) >= 11 is 0. The molecule has 2 aliphatic heterocycles. The molecule has 2 aliphatic rings. The third-order valence-corrected chi connectivity index (χ3v) is 7.16. The summed E-state index contributed by atoms with van der Waals surface area (Å²) in [6.07, 6.45) is 1.43. The second kappa shape index (κ2) is 10.8. The van der Waals surface area contributed by atoms with Crippen LogP contribution in [0.1, 0.15) is 32.3 Å². The van der Waals surface area contributed by atoms with Crippen LogP contribution < -0.4 is 4.90 Å². The SMILES string of the molecule is CC1(C)CN(c2c(F)cc([N+](=O)[O-])cc2F)CCN1CC1CCN(C(=O)OCc2ccccc2)CC1. The number of rotatable bonds is 6. The number of amides is 1. The van der Waals surface area contributed by atoms with Crippen LogP contribution in [-0.4, -0.2) is 65.6 Å². The molecular formula is C26H32F2N4O4. The van der Waals surface area contributed by atoms with Crippen LogP contribution in [0.2, 0.25) is 0 Å². The number of carbonyl (C=O) groups excluding carboxylic acids is 1. The smallest absolute Gasteiger partial charge is 0.410 e. The van der Waals surface area contributed by atoms with Gasteiger partial charge < -0.3 is 14.5 Å². The van der Waals surface area contributed by atoms with Crippen molar-refractivity contribution in [3.05, 3.63) is 69.8 Å². The molecule has 2 fully saturated rings. The molecule has 0 radical (unpaired) electrons. The number of ether oxygens (including phenoxy) is 1. The molecule has 0 atom stereocenters. The summed E-state index contributed by atoms with van der Waals surface area (Å²) < 4.78 is 34.6. The maximum atomic E-state index is 14.6. The van der Waals surface area contributed by atoms with Gasteiger partial charge >= 0.3 is 6.09 Å². The van der Waals surface area contributed by atoms with Gasteiger partial charge in [0.05, 0.1) is 17.1 Å². The fourth-order valence-electron chi connectivity index (χ4n) is 5.10. The third-order valence-electron chi connectivity index (χ3n) is 7.16. The Morgan fingerprint density at radius 3 is 2.31 bits per heavy atom. The summed E-state index contributed by atoms with van der Waals surface area (Å²) in [6.45, 7) is 7.86. The molecular weight excluding hydrogens is 470 g/mol. The predicted molar refractivity (Wildman–Crippen MR) is 132 cm³/mol. The number of benzene rings is 2. The van der Waals surface area contributed by atoms with Gasteiger partial charge in [-0.25, -0.2) is 13.6 Å². The average Bonchev–Trinajstić information content (AvgIpc) is 2.84. The lowest BCUT2D eigenvalue weighted by atomic mass is 9.91. The van der Waals surface area contributed by atoms with Crippen molar-refractivity contribution in [2.45, 2.75) is 38.8 Å². The minimum atomic E-state index is -0.919. The highest BCUT2D eigenvalue weighted by Gasteiger charge is 2.37. The molecule has 194 valence electrons. The zero-order chi connectivity index (χ0) is 25.9. The van der Waals surface area contributed by atoms with Gasteiger partial charge in [0.1, 0.15) is 12.3 Å². The Morgan fingerprint density at radius 1 is 1.08 bits per heavy atom. The number of anilines is 1. The lowest BCUT2D eigenvalue weighted by Gasteiger charge is -2.49. The van der Waals surface area contributed by atoms with Crippen LogP contribution in [0.4, 0.5) is 25.0 Å². The normalized spacial score (nSPS) is 18.8. The van der Waals surface area contributed by atoms with Crippen LogP contribution >= 0.6 is 0 Å². The van der Waals surface area contributed by atoms with E-state index in [-0.39, 0.29) is 23.9 Å². The molecule has 0 bridgehead atoms. The highest BCUT2D eigenvalue weighted by atomic mass is 19.1. The first-order valence-electron chi connectivity index (χ1n) is 12.2.